The van der Waals surface area contributed by atoms with Gasteiger partial charge in [-0.1, -0.05) is 273 Å². The number of allylic oxidation sites excluding steroid dienone is 14. The first kappa shape index (κ1) is 71.6. The molecule has 0 saturated heterocycles. The average molecular weight is 1050 g/mol. The smallest absolute Gasteiger partial charge is 0.306 e. The number of esters is 3. The van der Waals surface area contributed by atoms with E-state index < -0.39 is 6.10 Å². The molecule has 1 unspecified atom stereocenters. The van der Waals surface area contributed by atoms with Gasteiger partial charge in [0.2, 0.25) is 0 Å². The Morgan fingerprint density at radius 2 is 0.547 bits per heavy atom. The van der Waals surface area contributed by atoms with Crippen LogP contribution in [0.2, 0.25) is 0 Å². The molecule has 0 aromatic carbocycles. The van der Waals surface area contributed by atoms with Crippen LogP contribution in [-0.2, 0) is 28.6 Å². The Kier molecular flexibility index (Phi) is 60.3. The van der Waals surface area contributed by atoms with Crippen LogP contribution in [-0.4, -0.2) is 37.2 Å². The normalized spacial score (nSPS) is 12.6. The lowest BCUT2D eigenvalue weighted by Crippen LogP contribution is -2.30. The first-order valence-corrected chi connectivity index (χ1v) is 32.1. The molecule has 6 heteroatoms. The van der Waals surface area contributed by atoms with Gasteiger partial charge in [-0.2, -0.15) is 0 Å². The SMILES string of the molecule is CC/C=C\C/C=C\C/C=C\C/C=C\C/C=C\CCCCCCCCCCCCCCCCCC(=O)OCC(COC(=O)CCCCCCC/C=C\CCC)OC(=O)CCCCCCC/C=C\CCCCCCCCC. The number of hydrogen-bond acceptors (Lipinski definition) is 6. The summed E-state index contributed by atoms with van der Waals surface area (Å²) in [6, 6.07) is 0. The monoisotopic (exact) mass is 1040 g/mol. The molecule has 0 N–H and O–H groups in total. The largest absolute Gasteiger partial charge is 0.462 e. The highest BCUT2D eigenvalue weighted by atomic mass is 16.6. The number of unbranched alkanes of at least 4 members (excludes halogenated alkanes) is 33. The van der Waals surface area contributed by atoms with Gasteiger partial charge in [0, 0.05) is 19.3 Å². The minimum atomic E-state index is -0.782. The third-order valence-electron chi connectivity index (χ3n) is 13.8. The van der Waals surface area contributed by atoms with Gasteiger partial charge < -0.3 is 14.2 Å². The number of ether oxygens (including phenoxy) is 3. The molecule has 0 aliphatic heterocycles. The maximum atomic E-state index is 12.9. The Morgan fingerprint density at radius 1 is 0.280 bits per heavy atom. The van der Waals surface area contributed by atoms with E-state index in [1.165, 1.54) is 161 Å². The van der Waals surface area contributed by atoms with Gasteiger partial charge in [-0.15, -0.1) is 0 Å². The molecule has 0 rings (SSSR count). The Labute approximate surface area is 465 Å². The van der Waals surface area contributed by atoms with Crippen molar-refractivity contribution in [2.75, 3.05) is 13.2 Å². The van der Waals surface area contributed by atoms with Crippen LogP contribution in [0.5, 0.6) is 0 Å². The number of carbonyl (C=O) groups excluding carboxylic acids is 3. The van der Waals surface area contributed by atoms with E-state index in [2.05, 4.69) is 106 Å². The maximum absolute atomic E-state index is 12.9. The van der Waals surface area contributed by atoms with Gasteiger partial charge in [-0.3, -0.25) is 14.4 Å². The molecule has 0 heterocycles. The van der Waals surface area contributed by atoms with E-state index in [1.807, 2.05) is 0 Å². The van der Waals surface area contributed by atoms with Crippen molar-refractivity contribution >= 4 is 17.9 Å². The van der Waals surface area contributed by atoms with Gasteiger partial charge in [0.15, 0.2) is 6.10 Å². The van der Waals surface area contributed by atoms with Crippen LogP contribution >= 0.6 is 0 Å². The predicted octanol–water partition coefficient (Wildman–Crippen LogP) is 21.9. The van der Waals surface area contributed by atoms with E-state index in [1.54, 1.807) is 0 Å². The lowest BCUT2D eigenvalue weighted by molar-refractivity contribution is -0.167. The summed E-state index contributed by atoms with van der Waals surface area (Å²) in [4.78, 5) is 38.2. The molecule has 0 aromatic heterocycles. The molecule has 1 atom stereocenters. The van der Waals surface area contributed by atoms with Crippen LogP contribution in [0.15, 0.2) is 85.1 Å². The molecule has 0 aromatic rings. The topological polar surface area (TPSA) is 78.9 Å². The van der Waals surface area contributed by atoms with Crippen LogP contribution in [0.25, 0.3) is 0 Å². The third-order valence-corrected chi connectivity index (χ3v) is 13.8. The summed E-state index contributed by atoms with van der Waals surface area (Å²) in [5, 5.41) is 0. The summed E-state index contributed by atoms with van der Waals surface area (Å²) >= 11 is 0. The van der Waals surface area contributed by atoms with Crippen molar-refractivity contribution in [2.45, 2.75) is 322 Å². The zero-order valence-corrected chi connectivity index (χ0v) is 49.6. The molecule has 0 aliphatic rings. The fourth-order valence-corrected chi connectivity index (χ4v) is 9.06. The van der Waals surface area contributed by atoms with Crippen LogP contribution < -0.4 is 0 Å². The first-order chi connectivity index (χ1) is 37.0. The van der Waals surface area contributed by atoms with Crippen molar-refractivity contribution in [3.63, 3.8) is 0 Å². The zero-order chi connectivity index (χ0) is 54.3. The van der Waals surface area contributed by atoms with Gasteiger partial charge in [-0.05, 0) is 109 Å². The second kappa shape index (κ2) is 63.1. The highest BCUT2D eigenvalue weighted by molar-refractivity contribution is 5.71. The summed E-state index contributed by atoms with van der Waals surface area (Å²) in [5.41, 5.74) is 0. The van der Waals surface area contributed by atoms with E-state index in [0.717, 1.165) is 116 Å². The molecule has 432 valence electrons. The fourth-order valence-electron chi connectivity index (χ4n) is 9.06. The van der Waals surface area contributed by atoms with Crippen LogP contribution in [0.1, 0.15) is 316 Å². The van der Waals surface area contributed by atoms with Crippen molar-refractivity contribution in [3.05, 3.63) is 85.1 Å². The molecule has 0 aliphatic carbocycles. The van der Waals surface area contributed by atoms with Gasteiger partial charge in [-0.25, -0.2) is 0 Å². The zero-order valence-electron chi connectivity index (χ0n) is 49.6. The highest BCUT2D eigenvalue weighted by Gasteiger charge is 2.19. The van der Waals surface area contributed by atoms with E-state index in [-0.39, 0.29) is 31.1 Å². The molecular weight excluding hydrogens is 925 g/mol. The van der Waals surface area contributed by atoms with Gasteiger partial charge in [0.1, 0.15) is 13.2 Å². The van der Waals surface area contributed by atoms with Gasteiger partial charge in [0.05, 0.1) is 0 Å². The van der Waals surface area contributed by atoms with E-state index in [0.29, 0.717) is 19.3 Å². The van der Waals surface area contributed by atoms with E-state index in [4.69, 9.17) is 14.2 Å². The van der Waals surface area contributed by atoms with E-state index in [9.17, 15) is 14.4 Å². The molecule has 0 saturated carbocycles. The molecule has 0 bridgehead atoms. The summed E-state index contributed by atoms with van der Waals surface area (Å²) in [6.45, 7) is 6.47. The minimum Gasteiger partial charge on any atom is -0.462 e. The number of rotatable bonds is 58. The molecule has 0 amide bonds. The van der Waals surface area contributed by atoms with Crippen molar-refractivity contribution in [1.82, 2.24) is 0 Å². The molecule has 75 heavy (non-hydrogen) atoms. The Hall–Kier alpha value is -3.41. The van der Waals surface area contributed by atoms with Crippen LogP contribution in [0.3, 0.4) is 0 Å². The molecule has 0 radical (unpaired) electrons. The highest BCUT2D eigenvalue weighted by Crippen LogP contribution is 2.16. The summed E-state index contributed by atoms with van der Waals surface area (Å²) in [5.74, 6) is -0.889. The molecule has 6 nitrogen and oxygen atoms in total. The first-order valence-electron chi connectivity index (χ1n) is 32.1. The van der Waals surface area contributed by atoms with E-state index >= 15 is 0 Å². The Balaban J connectivity index is 4.14. The fraction of sp³-hybridized carbons (Fsp3) is 0.754. The Morgan fingerprint density at radius 3 is 0.880 bits per heavy atom. The van der Waals surface area contributed by atoms with Gasteiger partial charge >= 0.3 is 17.9 Å². The molecule has 0 fully saturated rings. The quantitative estimate of drug-likeness (QED) is 0.0261. The third kappa shape index (κ3) is 61.3. The number of hydrogen-bond donors (Lipinski definition) is 0. The van der Waals surface area contributed by atoms with Crippen LogP contribution in [0.4, 0.5) is 0 Å². The maximum Gasteiger partial charge on any atom is 0.306 e. The van der Waals surface area contributed by atoms with Crippen molar-refractivity contribution < 1.29 is 28.6 Å². The molecule has 0 spiro atoms. The number of carbonyl (C=O) groups is 3. The van der Waals surface area contributed by atoms with Crippen LogP contribution in [0, 0.1) is 0 Å². The standard InChI is InChI=1S/C69H120O6/c1-4-7-10-13-16-19-22-24-26-28-29-30-31-32-33-34-35-36-37-38-39-40-41-42-44-45-47-50-53-56-59-62-68(71)74-65-66(64-73-67(70)61-58-55-52-49-21-18-15-12-9-6-3)75-69(72)63-60-57-54-51-48-46-43-27-25-23-20-17-14-11-8-5-2/h7,10,12,15-16,19,24,26-27,29-30,32-33,43,66H,4-6,8-9,11,13-14,17-18,20-23,25,28,31,34-42,44-65H2,1-3H3/b10-7-,15-12-,19-16-,26-24-,30-29-,33-32-,43-27-. The second-order valence-electron chi connectivity index (χ2n) is 21.3. The summed E-state index contributed by atoms with van der Waals surface area (Å²) < 4.78 is 16.9. The summed E-state index contributed by atoms with van der Waals surface area (Å²) in [6.07, 6.45) is 83.2. The van der Waals surface area contributed by atoms with Crippen molar-refractivity contribution in [3.8, 4) is 0 Å². The van der Waals surface area contributed by atoms with Crippen molar-refractivity contribution in [2.24, 2.45) is 0 Å². The average Bonchev–Trinajstić information content (AvgIpc) is 3.41. The predicted molar refractivity (Wildman–Crippen MR) is 325 cm³/mol. The minimum absolute atomic E-state index is 0.0799. The Bertz CT molecular complexity index is 1430. The lowest BCUT2D eigenvalue weighted by atomic mass is 10.0. The van der Waals surface area contributed by atoms with Gasteiger partial charge in [0.25, 0.3) is 0 Å². The van der Waals surface area contributed by atoms with Crippen molar-refractivity contribution in [1.29, 1.82) is 0 Å². The molecular formula is C69H120O6. The lowest BCUT2D eigenvalue weighted by Gasteiger charge is -2.18. The summed E-state index contributed by atoms with van der Waals surface area (Å²) in [7, 11) is 0. The second-order valence-corrected chi connectivity index (χ2v) is 21.3.